The molecule has 1 aliphatic carbocycles. The fourth-order valence-electron chi connectivity index (χ4n) is 4.25. The highest BCUT2D eigenvalue weighted by molar-refractivity contribution is 7.18. The number of primary amides is 1. The monoisotopic (exact) mass is 524 g/mol. The van der Waals surface area contributed by atoms with Crippen LogP contribution in [-0.4, -0.2) is 54.2 Å². The first-order chi connectivity index (χ1) is 16.7. The van der Waals surface area contributed by atoms with Gasteiger partial charge in [-0.15, -0.1) is 0 Å². The average molecular weight is 525 g/mol. The van der Waals surface area contributed by atoms with Crippen LogP contribution < -0.4 is 10.5 Å². The van der Waals surface area contributed by atoms with Crippen molar-refractivity contribution in [3.8, 4) is 5.19 Å². The molecule has 9 heteroatoms. The first-order valence-corrected chi connectivity index (χ1v) is 14.0. The summed E-state index contributed by atoms with van der Waals surface area (Å²) in [6.45, 7) is 6.78. The average Bonchev–Trinajstić information content (AvgIpc) is 3.23. The zero-order valence-corrected chi connectivity index (χ0v) is 23.4. The molecule has 35 heavy (non-hydrogen) atoms. The SMILES string of the molecule is CC(F)(P)COc1nc2c(s1)CCN(CCC1CCCCC1)C2.CC/C=C(C=NC)/C=C/C(N)=O. The number of alkyl halides is 1. The molecule has 1 amide bonds. The van der Waals surface area contributed by atoms with Gasteiger partial charge in [-0.05, 0) is 50.3 Å². The van der Waals surface area contributed by atoms with Crippen molar-refractivity contribution in [3.05, 3.63) is 34.4 Å². The summed E-state index contributed by atoms with van der Waals surface area (Å²) in [5.41, 5.74) is 6.98. The second-order valence-corrected chi connectivity index (χ2v) is 11.7. The smallest absolute Gasteiger partial charge is 0.273 e. The van der Waals surface area contributed by atoms with Crippen LogP contribution in [0.5, 0.6) is 5.19 Å². The minimum Gasteiger partial charge on any atom is -0.466 e. The molecular weight excluding hydrogens is 482 g/mol. The highest BCUT2D eigenvalue weighted by atomic mass is 32.1. The minimum absolute atomic E-state index is 0.0372. The molecule has 0 aromatic carbocycles. The summed E-state index contributed by atoms with van der Waals surface area (Å²) in [6.07, 6.45) is 17.0. The fourth-order valence-corrected chi connectivity index (χ4v) is 5.24. The predicted molar refractivity (Wildman–Crippen MR) is 148 cm³/mol. The Labute approximate surface area is 216 Å². The third kappa shape index (κ3) is 12.2. The van der Waals surface area contributed by atoms with Gasteiger partial charge < -0.3 is 10.5 Å². The molecule has 1 saturated carbocycles. The quantitative estimate of drug-likeness (QED) is 0.190. The number of ether oxygens (including phenoxy) is 1. The molecule has 196 valence electrons. The molecule has 1 fully saturated rings. The zero-order chi connectivity index (χ0) is 25.7. The van der Waals surface area contributed by atoms with E-state index in [9.17, 15) is 9.18 Å². The van der Waals surface area contributed by atoms with Crippen LogP contribution in [0.3, 0.4) is 0 Å². The summed E-state index contributed by atoms with van der Waals surface area (Å²) in [5.74, 6) is 0.491. The summed E-state index contributed by atoms with van der Waals surface area (Å²) in [6, 6.07) is 0. The molecule has 0 spiro atoms. The second-order valence-electron chi connectivity index (χ2n) is 9.47. The number of carbonyl (C=O) groups is 1. The van der Waals surface area contributed by atoms with E-state index in [-0.39, 0.29) is 6.61 Å². The number of rotatable bonds is 10. The van der Waals surface area contributed by atoms with Gasteiger partial charge >= 0.3 is 0 Å². The predicted octanol–water partition coefficient (Wildman–Crippen LogP) is 5.48. The standard InChI is InChI=1S/C17H28FN2OPS.C9H14N2O/c1-17(18,22)12-21-16-19-14-11-20(10-8-15(14)23-16)9-7-13-5-3-2-4-6-13;1-3-4-8(7-11-2)5-6-9(10)12/h13H,2-12,22H2,1H3;4-7H,3H2,1-2H3,(H2,10,12)/b;6-5+,8-4-,11-7?. The van der Waals surface area contributed by atoms with Crippen molar-refractivity contribution in [3.63, 3.8) is 0 Å². The molecule has 1 aromatic heterocycles. The molecule has 6 nitrogen and oxygen atoms in total. The van der Waals surface area contributed by atoms with E-state index in [1.807, 2.05) is 13.0 Å². The Balaban J connectivity index is 0.000000307. The van der Waals surface area contributed by atoms with E-state index in [2.05, 4.69) is 24.1 Å². The van der Waals surface area contributed by atoms with Crippen LogP contribution in [0.25, 0.3) is 0 Å². The van der Waals surface area contributed by atoms with Crippen LogP contribution in [0.2, 0.25) is 0 Å². The number of halogens is 1. The number of allylic oxidation sites excluding steroid dienone is 3. The Morgan fingerprint density at radius 1 is 1.37 bits per heavy atom. The summed E-state index contributed by atoms with van der Waals surface area (Å²) in [4.78, 5) is 22.6. The molecule has 1 aliphatic heterocycles. The molecule has 0 radical (unpaired) electrons. The largest absolute Gasteiger partial charge is 0.466 e. The molecule has 2 aliphatic rings. The third-order valence-corrected chi connectivity index (χ3v) is 7.24. The molecular formula is C26H42FN4O2PS. The summed E-state index contributed by atoms with van der Waals surface area (Å²) < 4.78 is 19.0. The molecule has 3 rings (SSSR count). The van der Waals surface area contributed by atoms with Crippen LogP contribution in [0, 0.1) is 5.92 Å². The van der Waals surface area contributed by atoms with Gasteiger partial charge in [0.25, 0.3) is 5.19 Å². The maximum Gasteiger partial charge on any atom is 0.273 e. The van der Waals surface area contributed by atoms with Crippen molar-refractivity contribution in [1.29, 1.82) is 0 Å². The van der Waals surface area contributed by atoms with E-state index >= 15 is 0 Å². The summed E-state index contributed by atoms with van der Waals surface area (Å²) in [5, 5.41) is -0.770. The van der Waals surface area contributed by atoms with Gasteiger partial charge in [0.05, 0.1) is 5.69 Å². The number of amides is 1. The summed E-state index contributed by atoms with van der Waals surface area (Å²) in [7, 11) is 3.85. The fraction of sp³-hybridized carbons (Fsp3) is 0.654. The van der Waals surface area contributed by atoms with Gasteiger partial charge in [0, 0.05) is 37.3 Å². The maximum atomic E-state index is 13.5. The van der Waals surface area contributed by atoms with Crippen LogP contribution >= 0.6 is 20.6 Å². The van der Waals surface area contributed by atoms with Crippen molar-refractivity contribution in [2.75, 3.05) is 26.7 Å². The van der Waals surface area contributed by atoms with E-state index in [0.29, 0.717) is 5.19 Å². The van der Waals surface area contributed by atoms with Gasteiger partial charge in [-0.25, -0.2) is 9.37 Å². The number of nitrogens with two attached hydrogens (primary N) is 1. The van der Waals surface area contributed by atoms with Crippen LogP contribution in [0.4, 0.5) is 4.39 Å². The van der Waals surface area contributed by atoms with Crippen molar-refractivity contribution in [2.45, 2.75) is 77.2 Å². The van der Waals surface area contributed by atoms with E-state index in [1.54, 1.807) is 30.7 Å². The van der Waals surface area contributed by atoms with Crippen molar-refractivity contribution >= 4 is 32.7 Å². The number of hydrogen-bond acceptors (Lipinski definition) is 6. The summed E-state index contributed by atoms with van der Waals surface area (Å²) >= 11 is 1.59. The van der Waals surface area contributed by atoms with Crippen molar-refractivity contribution < 1.29 is 13.9 Å². The Kier molecular flexibility index (Phi) is 13.1. The lowest BCUT2D eigenvalue weighted by atomic mass is 9.87. The van der Waals surface area contributed by atoms with Gasteiger partial charge in [-0.2, -0.15) is 0 Å². The molecule has 2 heterocycles. The number of aliphatic imine (C=N–C) groups is 1. The molecule has 0 saturated heterocycles. The van der Waals surface area contributed by atoms with E-state index in [4.69, 9.17) is 10.5 Å². The third-order valence-electron chi connectivity index (χ3n) is 6.00. The maximum absolute atomic E-state index is 13.5. The first-order valence-electron chi connectivity index (χ1n) is 12.6. The Morgan fingerprint density at radius 2 is 2.11 bits per heavy atom. The van der Waals surface area contributed by atoms with Crippen molar-refractivity contribution in [1.82, 2.24) is 9.88 Å². The van der Waals surface area contributed by atoms with Gasteiger partial charge in [0.15, 0.2) is 5.41 Å². The number of thiazole rings is 1. The second kappa shape index (κ2) is 15.5. The minimum atomic E-state index is -1.39. The number of hydrogen-bond donors (Lipinski definition) is 1. The van der Waals surface area contributed by atoms with Gasteiger partial charge in [0.2, 0.25) is 5.91 Å². The molecule has 2 unspecified atom stereocenters. The van der Waals surface area contributed by atoms with Gasteiger partial charge in [0.1, 0.15) is 6.61 Å². The number of aromatic nitrogens is 1. The van der Waals surface area contributed by atoms with Crippen LogP contribution in [-0.2, 0) is 17.8 Å². The Hall–Kier alpha value is -1.63. The number of carbonyl (C=O) groups excluding carboxylic acids is 1. The Bertz CT molecular complexity index is 873. The molecule has 0 bridgehead atoms. The lowest BCUT2D eigenvalue weighted by Gasteiger charge is -2.29. The number of nitrogens with zero attached hydrogens (tertiary/aromatic N) is 3. The van der Waals surface area contributed by atoms with Crippen LogP contribution in [0.1, 0.15) is 69.4 Å². The Morgan fingerprint density at radius 3 is 2.74 bits per heavy atom. The van der Waals surface area contributed by atoms with Gasteiger partial charge in [-0.1, -0.05) is 65.7 Å². The lowest BCUT2D eigenvalue weighted by Crippen LogP contribution is -2.32. The van der Waals surface area contributed by atoms with Crippen molar-refractivity contribution in [2.24, 2.45) is 16.6 Å². The molecule has 2 N–H and O–H groups in total. The van der Waals surface area contributed by atoms with E-state index in [0.717, 1.165) is 43.1 Å². The topological polar surface area (TPSA) is 80.8 Å². The van der Waals surface area contributed by atoms with E-state index in [1.165, 1.54) is 62.9 Å². The highest BCUT2D eigenvalue weighted by Gasteiger charge is 2.24. The normalized spacial score (nSPS) is 19.3. The first kappa shape index (κ1) is 29.6. The van der Waals surface area contributed by atoms with Gasteiger partial charge in [-0.3, -0.25) is 14.7 Å². The van der Waals surface area contributed by atoms with Crippen LogP contribution in [0.15, 0.2) is 28.8 Å². The molecule has 2 atom stereocenters. The molecule has 1 aromatic rings. The lowest BCUT2D eigenvalue weighted by molar-refractivity contribution is -0.113. The zero-order valence-electron chi connectivity index (χ0n) is 21.5. The van der Waals surface area contributed by atoms with E-state index < -0.39 is 11.3 Å². The highest BCUT2D eigenvalue weighted by Crippen LogP contribution is 2.32. The number of fused-ring (bicyclic) bond motifs is 1.